The van der Waals surface area contributed by atoms with Gasteiger partial charge in [-0.3, -0.25) is 0 Å². The van der Waals surface area contributed by atoms with Gasteiger partial charge in [0.25, 0.3) is 0 Å². The first kappa shape index (κ1) is 76.8. The fourth-order valence-electron chi connectivity index (χ4n) is 7.09. The molecule has 474 valence electrons. The van der Waals surface area contributed by atoms with Crippen molar-refractivity contribution in [2.45, 2.75) is 202 Å². The molecular weight excluding hydrogens is 1140 g/mol. The van der Waals surface area contributed by atoms with Crippen LogP contribution >= 0.6 is 0 Å². The van der Waals surface area contributed by atoms with Crippen LogP contribution in [0.3, 0.4) is 0 Å². The average Bonchev–Trinajstić information content (AvgIpc) is 3.51. The first-order chi connectivity index (χ1) is 37.8. The van der Waals surface area contributed by atoms with E-state index in [9.17, 15) is 70.2 Å². The Morgan fingerprint density at radius 2 is 0.553 bits per heavy atom. The van der Waals surface area contributed by atoms with Crippen molar-refractivity contribution >= 4 is 0 Å². The van der Waals surface area contributed by atoms with E-state index in [1.165, 1.54) is 67.6 Å². The number of ether oxygens (including phenoxy) is 2. The number of hydrogen-bond donors (Lipinski definition) is 0. The van der Waals surface area contributed by atoms with E-state index in [-0.39, 0.29) is 55.4 Å². The quantitative estimate of drug-likeness (QED) is 0.161. The lowest BCUT2D eigenvalue weighted by Gasteiger charge is -2.21. The van der Waals surface area contributed by atoms with Crippen LogP contribution in [-0.4, -0.2) is 12.7 Å². The van der Waals surface area contributed by atoms with E-state index in [1.54, 1.807) is 49.4 Å². The van der Waals surface area contributed by atoms with E-state index in [0.29, 0.717) is 16.7 Å². The predicted molar refractivity (Wildman–Crippen MR) is 309 cm³/mol. The standard InChI is InChI=1S/C12H15F3.2C11H13F3O.2C11H13F3.C11H15F/c1-8-5-6-9(11(2,3)4)7-10(8)12(13,14)15;1-10(2,3)8-4-6-9(7-5-8)15-11(12,13)14;1-10(2,3)8-5-4-6-9(7-8)15-11(12,13)14;1-10(2,3)8-4-6-9(7-5-8)11(12,13)14;1-10(2,3)8-5-4-6-9(7-8)11(12,13)14;1-8-5-6-9(7-10(8)12)11(2,3)4/h5-7H,1-4H3;2*4-7H,1-3H3;2*4-7H,1-3H3;5-7H,1-4H3. The lowest BCUT2D eigenvalue weighted by molar-refractivity contribution is -0.275. The summed E-state index contributed by atoms with van der Waals surface area (Å²) >= 11 is 0. The number of benzene rings is 6. The molecule has 6 rings (SSSR count). The van der Waals surface area contributed by atoms with Crippen molar-refractivity contribution in [2.24, 2.45) is 0 Å². The largest absolute Gasteiger partial charge is 0.573 e. The maximum Gasteiger partial charge on any atom is 0.573 e. The highest BCUT2D eigenvalue weighted by Gasteiger charge is 2.35. The smallest absolute Gasteiger partial charge is 0.406 e. The first-order valence-electron chi connectivity index (χ1n) is 26.9. The van der Waals surface area contributed by atoms with Crippen LogP contribution in [0.4, 0.5) is 70.2 Å². The second-order valence-corrected chi connectivity index (χ2v) is 26.3. The van der Waals surface area contributed by atoms with Crippen LogP contribution in [0.25, 0.3) is 0 Å². The molecule has 0 amide bonds. The minimum atomic E-state index is -4.63. The normalized spacial score (nSPS) is 12.7. The van der Waals surface area contributed by atoms with Crippen molar-refractivity contribution < 1.29 is 79.7 Å². The molecule has 0 unspecified atom stereocenters. The van der Waals surface area contributed by atoms with Gasteiger partial charge in [-0.25, -0.2) is 4.39 Å². The van der Waals surface area contributed by atoms with Crippen molar-refractivity contribution in [1.29, 1.82) is 0 Å². The predicted octanol–water partition coefficient (Wildman–Crippen LogP) is 23.5. The second kappa shape index (κ2) is 29.0. The van der Waals surface area contributed by atoms with Crippen molar-refractivity contribution in [2.75, 3.05) is 0 Å². The fourth-order valence-corrected chi connectivity index (χ4v) is 7.09. The third kappa shape index (κ3) is 29.2. The maximum absolute atomic E-state index is 13.1. The van der Waals surface area contributed by atoms with Crippen LogP contribution in [0.1, 0.15) is 186 Å². The molecule has 0 aliphatic rings. The van der Waals surface area contributed by atoms with Crippen LogP contribution in [0.15, 0.2) is 133 Å². The third-order valence-electron chi connectivity index (χ3n) is 12.5. The highest BCUT2D eigenvalue weighted by molar-refractivity contribution is 5.37. The van der Waals surface area contributed by atoms with Crippen LogP contribution in [0.5, 0.6) is 11.5 Å². The lowest BCUT2D eigenvalue weighted by Crippen LogP contribution is -2.18. The van der Waals surface area contributed by atoms with Crippen LogP contribution in [-0.2, 0) is 51.0 Å². The number of rotatable bonds is 2. The molecule has 2 nitrogen and oxygen atoms in total. The summed E-state index contributed by atoms with van der Waals surface area (Å²) in [5, 5.41) is 0. The molecule has 6 aromatic rings. The maximum atomic E-state index is 13.1. The molecular formula is C67H82F16O2. The topological polar surface area (TPSA) is 18.5 Å². The van der Waals surface area contributed by atoms with Gasteiger partial charge in [-0.05, 0) is 145 Å². The van der Waals surface area contributed by atoms with Crippen LogP contribution < -0.4 is 9.47 Å². The highest BCUT2D eigenvalue weighted by Crippen LogP contribution is 2.37. The van der Waals surface area contributed by atoms with Gasteiger partial charge in [0.05, 0.1) is 16.7 Å². The molecule has 6 aromatic carbocycles. The molecule has 18 heteroatoms. The minimum Gasteiger partial charge on any atom is -0.406 e. The van der Waals surface area contributed by atoms with Gasteiger partial charge in [-0.2, -0.15) is 39.5 Å². The van der Waals surface area contributed by atoms with Crippen LogP contribution in [0, 0.1) is 19.7 Å². The fraction of sp³-hybridized carbons (Fsp3) is 0.463. The molecule has 0 spiro atoms. The van der Waals surface area contributed by atoms with Gasteiger partial charge in [0.1, 0.15) is 17.3 Å². The number of hydrogen-bond acceptors (Lipinski definition) is 2. The first-order valence-corrected chi connectivity index (χ1v) is 26.9. The Morgan fingerprint density at radius 3 is 0.906 bits per heavy atom. The molecule has 0 atom stereocenters. The molecule has 0 saturated carbocycles. The zero-order valence-electron chi connectivity index (χ0n) is 52.1. The molecule has 0 heterocycles. The Balaban J connectivity index is 0.000000511. The Labute approximate surface area is 492 Å². The van der Waals surface area contributed by atoms with Gasteiger partial charge in [0.15, 0.2) is 0 Å². The van der Waals surface area contributed by atoms with E-state index in [0.717, 1.165) is 40.5 Å². The zero-order valence-corrected chi connectivity index (χ0v) is 52.1. The van der Waals surface area contributed by atoms with Gasteiger partial charge in [0.2, 0.25) is 0 Å². The van der Waals surface area contributed by atoms with Gasteiger partial charge in [-0.15, -0.1) is 26.3 Å². The van der Waals surface area contributed by atoms with E-state index in [4.69, 9.17) is 0 Å². The van der Waals surface area contributed by atoms with Gasteiger partial charge < -0.3 is 9.47 Å². The van der Waals surface area contributed by atoms with E-state index in [2.05, 4.69) is 30.2 Å². The molecule has 0 aliphatic carbocycles. The zero-order chi connectivity index (χ0) is 66.6. The summed E-state index contributed by atoms with van der Waals surface area (Å²) in [7, 11) is 0. The van der Waals surface area contributed by atoms with Crippen LogP contribution in [0.2, 0.25) is 0 Å². The Morgan fingerprint density at radius 1 is 0.259 bits per heavy atom. The Bertz CT molecular complexity index is 2910. The molecule has 0 N–H and O–H groups in total. The molecule has 85 heavy (non-hydrogen) atoms. The monoisotopic (exact) mass is 1220 g/mol. The summed E-state index contributed by atoms with van der Waals surface area (Å²) < 4.78 is 204. The molecule has 0 aliphatic heterocycles. The van der Waals surface area contributed by atoms with E-state index in [1.807, 2.05) is 116 Å². The van der Waals surface area contributed by atoms with Gasteiger partial charge >= 0.3 is 31.3 Å². The Kier molecular flexibility index (Phi) is 26.2. The second-order valence-electron chi connectivity index (χ2n) is 26.3. The van der Waals surface area contributed by atoms with E-state index >= 15 is 0 Å². The number of halogens is 16. The molecule has 0 fully saturated rings. The van der Waals surface area contributed by atoms with Gasteiger partial charge in [0, 0.05) is 0 Å². The lowest BCUT2D eigenvalue weighted by atomic mass is 9.85. The summed E-state index contributed by atoms with van der Waals surface area (Å²) in [5.74, 6) is -0.465. The molecule has 0 saturated heterocycles. The number of alkyl halides is 15. The summed E-state index contributed by atoms with van der Waals surface area (Å²) in [6.07, 6.45) is -22.0. The number of aryl methyl sites for hydroxylation is 2. The highest BCUT2D eigenvalue weighted by atomic mass is 19.4. The van der Waals surface area contributed by atoms with E-state index < -0.39 is 47.9 Å². The van der Waals surface area contributed by atoms with Crippen molar-refractivity contribution in [3.05, 3.63) is 200 Å². The molecule has 0 aromatic heterocycles. The van der Waals surface area contributed by atoms with Crippen molar-refractivity contribution in [1.82, 2.24) is 0 Å². The minimum absolute atomic E-state index is 0.0362. The summed E-state index contributed by atoms with van der Waals surface area (Å²) in [4.78, 5) is 0. The molecule has 0 bridgehead atoms. The molecule has 0 radical (unpaired) electrons. The third-order valence-corrected chi connectivity index (χ3v) is 12.5. The summed E-state index contributed by atoms with van der Waals surface area (Å²) in [6.45, 7) is 38.6. The van der Waals surface area contributed by atoms with Crippen molar-refractivity contribution in [3.8, 4) is 11.5 Å². The SMILES string of the molecule is CC(C)(C)c1ccc(C(F)(F)F)cc1.CC(C)(C)c1ccc(OC(F)(F)F)cc1.CC(C)(C)c1cccc(C(F)(F)F)c1.CC(C)(C)c1cccc(OC(F)(F)F)c1.Cc1ccc(C(C)(C)C)cc1C(F)(F)F.Cc1ccc(C(C)(C)C)cc1F. The summed E-state index contributed by atoms with van der Waals surface area (Å²) in [5.41, 5.74) is 3.59. The Hall–Kier alpha value is -6.20. The van der Waals surface area contributed by atoms with Crippen molar-refractivity contribution in [3.63, 3.8) is 0 Å². The summed E-state index contributed by atoms with van der Waals surface area (Å²) in [6, 6.07) is 32.7. The average molecular weight is 1220 g/mol. The van der Waals surface area contributed by atoms with Gasteiger partial charge in [-0.1, -0.05) is 203 Å².